The molecule has 2 aliphatic heterocycles. The number of para-hydroxylation sites is 2. The summed E-state index contributed by atoms with van der Waals surface area (Å²) >= 11 is -0.106. The van der Waals surface area contributed by atoms with Gasteiger partial charge in [-0.05, 0) is 53.7 Å². The summed E-state index contributed by atoms with van der Waals surface area (Å²) in [7, 11) is 13.1. The van der Waals surface area contributed by atoms with Gasteiger partial charge in [-0.25, -0.2) is 0 Å². The van der Waals surface area contributed by atoms with Crippen molar-refractivity contribution in [3.05, 3.63) is 84.5 Å². The molecule has 0 atom stereocenters. The predicted molar refractivity (Wildman–Crippen MR) is 160 cm³/mol. The fourth-order valence-electron chi connectivity index (χ4n) is 4.11. The average Bonchev–Trinajstić information content (AvgIpc) is 3.56. The minimum atomic E-state index is -0.106. The van der Waals surface area contributed by atoms with Gasteiger partial charge in [-0.2, -0.15) is 0 Å². The zero-order valence-electron chi connectivity index (χ0n) is 24.4. The van der Waals surface area contributed by atoms with Crippen LogP contribution < -0.4 is 9.47 Å². The van der Waals surface area contributed by atoms with Gasteiger partial charge in [0.05, 0.1) is 27.6 Å². The van der Waals surface area contributed by atoms with Gasteiger partial charge in [0.1, 0.15) is 11.5 Å². The Hall–Kier alpha value is -2.04. The van der Waals surface area contributed by atoms with Gasteiger partial charge >= 0.3 is 35.0 Å². The van der Waals surface area contributed by atoms with E-state index >= 15 is 0 Å². The van der Waals surface area contributed by atoms with E-state index in [1.54, 1.807) is 14.2 Å². The van der Waals surface area contributed by atoms with Crippen LogP contribution in [0, 0.1) is 0 Å². The molecule has 220 valence electrons. The quantitative estimate of drug-likeness (QED) is 0.297. The van der Waals surface area contributed by atoms with Crippen LogP contribution in [0.25, 0.3) is 0 Å². The van der Waals surface area contributed by atoms with Crippen molar-refractivity contribution in [2.45, 2.75) is 65.7 Å². The molecule has 39 heavy (non-hydrogen) atoms. The molecule has 2 aromatic rings. The summed E-state index contributed by atoms with van der Waals surface area (Å²) in [5.41, 5.74) is 2.79. The van der Waals surface area contributed by atoms with Gasteiger partial charge in [-0.1, -0.05) is 36.4 Å². The molecule has 0 unspecified atom stereocenters. The minimum absolute atomic E-state index is 0.106. The second-order valence-corrected chi connectivity index (χ2v) is 13.7. The zero-order valence-corrected chi connectivity index (χ0v) is 27.5. The molecule has 4 rings (SSSR count). The van der Waals surface area contributed by atoms with Gasteiger partial charge in [0.2, 0.25) is 0 Å². The van der Waals surface area contributed by atoms with Gasteiger partial charge in [-0.15, -0.1) is 0 Å². The summed E-state index contributed by atoms with van der Waals surface area (Å²) in [4.78, 5) is 9.26. The molecule has 0 spiro atoms. The number of methoxy groups -OCH3 is 2. The second-order valence-electron chi connectivity index (χ2n) is 11.3. The van der Waals surface area contributed by atoms with Gasteiger partial charge < -0.3 is 29.1 Å². The van der Waals surface area contributed by atoms with Crippen LogP contribution in [0.5, 0.6) is 11.5 Å². The fourth-order valence-corrected chi connectivity index (χ4v) is 4.11. The molecule has 0 fully saturated rings. The molecule has 0 bridgehead atoms. The van der Waals surface area contributed by atoms with E-state index in [9.17, 15) is 0 Å². The fraction of sp³-hybridized carbons (Fsp3) is 0.467. The van der Waals surface area contributed by atoms with Crippen molar-refractivity contribution in [3.8, 4) is 11.5 Å². The molecular formula is C30H44Cl2N4O2Pd. The Morgan fingerprint density at radius 3 is 1.26 bits per heavy atom. The Balaban J connectivity index is 0.000000249. The molecule has 9 heteroatoms. The Morgan fingerprint density at radius 1 is 0.641 bits per heavy atom. The Morgan fingerprint density at radius 2 is 0.974 bits per heavy atom. The van der Waals surface area contributed by atoms with Crippen molar-refractivity contribution in [1.82, 2.24) is 19.6 Å². The molecule has 0 saturated heterocycles. The molecule has 0 saturated carbocycles. The number of hydrogen-bond donors (Lipinski definition) is 0. The average molecular weight is 670 g/mol. The molecule has 6 nitrogen and oxygen atoms in total. The molecule has 0 aliphatic carbocycles. The van der Waals surface area contributed by atoms with E-state index in [-0.39, 0.29) is 27.0 Å². The summed E-state index contributed by atoms with van der Waals surface area (Å²) in [5.74, 6) is 1.92. The van der Waals surface area contributed by atoms with Gasteiger partial charge in [0.15, 0.2) is 0 Å². The molecule has 0 radical (unpaired) electrons. The van der Waals surface area contributed by atoms with E-state index in [1.807, 2.05) is 24.3 Å². The van der Waals surface area contributed by atoms with E-state index in [4.69, 9.17) is 28.5 Å². The number of halogens is 2. The Kier molecular flexibility index (Phi) is 13.3. The van der Waals surface area contributed by atoms with Crippen molar-refractivity contribution in [2.24, 2.45) is 0 Å². The van der Waals surface area contributed by atoms with E-state index in [0.717, 1.165) is 37.9 Å². The molecule has 2 heterocycles. The first-order chi connectivity index (χ1) is 18.4. The normalized spacial score (nSPS) is 14.7. The van der Waals surface area contributed by atoms with Crippen LogP contribution in [0.2, 0.25) is 0 Å². The standard InChI is InChI=1S/2C15H22N2O.2ClH.Pd/c2*1-15(2,3)17-10-9-16(12-17)11-13-7-5-6-8-14(13)18-4;;;/h2*5-10H,11-12H2,1-4H3;2*1H;/q;;;;+2/p-2. The van der Waals surface area contributed by atoms with Crippen molar-refractivity contribution in [3.63, 3.8) is 0 Å². The molecule has 0 aromatic heterocycles. The first-order valence-corrected chi connectivity index (χ1v) is 16.9. The van der Waals surface area contributed by atoms with Crippen LogP contribution in [0.4, 0.5) is 0 Å². The van der Waals surface area contributed by atoms with E-state index in [1.165, 1.54) is 11.1 Å². The van der Waals surface area contributed by atoms with E-state index in [0.29, 0.717) is 0 Å². The third kappa shape index (κ3) is 10.8. The van der Waals surface area contributed by atoms with Crippen LogP contribution in [-0.2, 0) is 29.0 Å². The number of ether oxygens (including phenoxy) is 2. The first-order valence-electron chi connectivity index (χ1n) is 12.9. The third-order valence-corrected chi connectivity index (χ3v) is 6.44. The van der Waals surface area contributed by atoms with Crippen LogP contribution >= 0.6 is 19.1 Å². The van der Waals surface area contributed by atoms with Gasteiger partial charge in [0.25, 0.3) is 0 Å². The monoisotopic (exact) mass is 668 g/mol. The van der Waals surface area contributed by atoms with Crippen molar-refractivity contribution in [2.75, 3.05) is 27.6 Å². The predicted octanol–water partition coefficient (Wildman–Crippen LogP) is 7.46. The van der Waals surface area contributed by atoms with Crippen LogP contribution in [0.1, 0.15) is 52.7 Å². The van der Waals surface area contributed by atoms with Crippen LogP contribution in [0.3, 0.4) is 0 Å². The maximum atomic E-state index is 5.39. The van der Waals surface area contributed by atoms with Crippen LogP contribution in [-0.4, -0.2) is 58.2 Å². The van der Waals surface area contributed by atoms with Crippen molar-refractivity contribution < 1.29 is 25.4 Å². The summed E-state index contributed by atoms with van der Waals surface area (Å²) in [5, 5.41) is 0. The first kappa shape index (κ1) is 33.2. The summed E-state index contributed by atoms with van der Waals surface area (Å²) in [6.07, 6.45) is 8.63. The van der Waals surface area contributed by atoms with Crippen molar-refractivity contribution >= 4 is 19.1 Å². The van der Waals surface area contributed by atoms with Gasteiger partial charge in [-0.3, -0.25) is 0 Å². The summed E-state index contributed by atoms with van der Waals surface area (Å²) in [6, 6.07) is 16.4. The van der Waals surface area contributed by atoms with E-state index in [2.05, 4.69) is 110 Å². The van der Waals surface area contributed by atoms with Gasteiger partial charge in [0, 0.05) is 60.1 Å². The van der Waals surface area contributed by atoms with Crippen LogP contribution in [0.15, 0.2) is 73.3 Å². The third-order valence-electron chi connectivity index (χ3n) is 6.44. The molecular weight excluding hydrogens is 626 g/mol. The molecule has 2 aromatic carbocycles. The second kappa shape index (κ2) is 15.7. The maximum absolute atomic E-state index is 5.39. The van der Waals surface area contributed by atoms with Crippen molar-refractivity contribution in [1.29, 1.82) is 0 Å². The SMILES string of the molecule is COc1ccccc1CN1C=CN(C(C)(C)C)C1.COc1ccccc1CN1C=CN(C(C)(C)C)C1.[Cl][Pd][Cl]. The number of hydrogen-bond acceptors (Lipinski definition) is 6. The molecule has 0 N–H and O–H groups in total. The number of rotatable bonds is 6. The van der Waals surface area contributed by atoms with E-state index < -0.39 is 0 Å². The summed E-state index contributed by atoms with van der Waals surface area (Å²) < 4.78 is 10.8. The molecule has 2 aliphatic rings. The number of nitrogens with zero attached hydrogens (tertiary/aromatic N) is 4. The number of benzene rings is 2. The zero-order chi connectivity index (χ0) is 29.1. The molecule has 0 amide bonds. The Labute approximate surface area is 252 Å². The Bertz CT molecular complexity index is 986. The topological polar surface area (TPSA) is 31.4 Å². The summed E-state index contributed by atoms with van der Waals surface area (Å²) in [6.45, 7) is 17.0.